The molecule has 3 N–H and O–H groups in total. The quantitative estimate of drug-likeness (QED) is 0.429. The first kappa shape index (κ1) is 29.3. The van der Waals surface area contributed by atoms with E-state index in [2.05, 4.69) is 5.32 Å². The van der Waals surface area contributed by atoms with Gasteiger partial charge in [0.2, 0.25) is 5.91 Å². The summed E-state index contributed by atoms with van der Waals surface area (Å²) in [5.74, 6) is -1.15. The van der Waals surface area contributed by atoms with Crippen molar-refractivity contribution >= 4 is 23.4 Å². The molecular weight excluding hydrogens is 483 g/mol. The van der Waals surface area contributed by atoms with Crippen LogP contribution in [0.3, 0.4) is 0 Å². The van der Waals surface area contributed by atoms with Crippen LogP contribution < -0.4 is 11.1 Å². The van der Waals surface area contributed by atoms with Crippen LogP contribution in [-0.4, -0.2) is 59.2 Å². The number of benzene rings is 2. The lowest BCUT2D eigenvalue weighted by molar-refractivity contribution is -0.119. The molecule has 0 radical (unpaired) electrons. The zero-order valence-electron chi connectivity index (χ0n) is 22.8. The summed E-state index contributed by atoms with van der Waals surface area (Å²) in [6.45, 7) is 7.85. The largest absolute Gasteiger partial charge is 0.339 e. The number of rotatable bonds is 11. The second-order valence-electron chi connectivity index (χ2n) is 10.2. The normalized spacial score (nSPS) is 17.0. The van der Waals surface area contributed by atoms with Crippen molar-refractivity contribution in [2.24, 2.45) is 11.7 Å². The van der Waals surface area contributed by atoms with Crippen LogP contribution in [0.4, 0.5) is 10.1 Å². The molecule has 0 bridgehead atoms. The minimum atomic E-state index is -0.391. The van der Waals surface area contributed by atoms with Gasteiger partial charge in [-0.15, -0.1) is 0 Å². The van der Waals surface area contributed by atoms with E-state index >= 15 is 0 Å². The third kappa shape index (κ3) is 7.63. The smallest absolute Gasteiger partial charge is 0.254 e. The number of piperidine rings is 1. The van der Waals surface area contributed by atoms with E-state index in [4.69, 9.17) is 5.73 Å². The summed E-state index contributed by atoms with van der Waals surface area (Å²) in [6, 6.07) is 12.0. The number of nitrogens with two attached hydrogens (primary N) is 1. The molecule has 2 aromatic rings. The zero-order chi connectivity index (χ0) is 27.7. The van der Waals surface area contributed by atoms with E-state index in [0.29, 0.717) is 42.9 Å². The van der Waals surface area contributed by atoms with Crippen molar-refractivity contribution in [3.05, 3.63) is 65.5 Å². The number of halogens is 1. The average molecular weight is 525 g/mol. The topological polar surface area (TPSA) is 95.7 Å². The van der Waals surface area contributed by atoms with Gasteiger partial charge in [-0.2, -0.15) is 0 Å². The molecule has 0 aromatic heterocycles. The number of anilines is 1. The maximum absolute atomic E-state index is 13.6. The highest BCUT2D eigenvalue weighted by atomic mass is 19.1. The Kier molecular flexibility index (Phi) is 10.8. The molecule has 3 amide bonds. The van der Waals surface area contributed by atoms with Crippen molar-refractivity contribution in [2.45, 2.75) is 71.4 Å². The Balaban J connectivity index is 1.69. The van der Waals surface area contributed by atoms with E-state index in [1.165, 1.54) is 24.3 Å². The molecule has 1 saturated heterocycles. The summed E-state index contributed by atoms with van der Waals surface area (Å²) in [7, 11) is 0. The van der Waals surface area contributed by atoms with E-state index in [-0.39, 0.29) is 35.6 Å². The van der Waals surface area contributed by atoms with Gasteiger partial charge in [-0.05, 0) is 81.0 Å². The fourth-order valence-electron chi connectivity index (χ4n) is 5.11. The van der Waals surface area contributed by atoms with Crippen molar-refractivity contribution in [1.29, 1.82) is 0 Å². The molecule has 0 aliphatic carbocycles. The minimum Gasteiger partial charge on any atom is -0.339 e. The monoisotopic (exact) mass is 524 g/mol. The van der Waals surface area contributed by atoms with Crippen molar-refractivity contribution in [1.82, 2.24) is 9.80 Å². The molecule has 7 nitrogen and oxygen atoms in total. The summed E-state index contributed by atoms with van der Waals surface area (Å²) in [6.07, 6.45) is 4.76. The van der Waals surface area contributed by atoms with Gasteiger partial charge >= 0.3 is 0 Å². The molecule has 2 aromatic carbocycles. The zero-order valence-corrected chi connectivity index (χ0v) is 22.8. The van der Waals surface area contributed by atoms with E-state index in [0.717, 1.165) is 32.1 Å². The molecule has 1 aliphatic rings. The Morgan fingerprint density at radius 3 is 2.37 bits per heavy atom. The maximum atomic E-state index is 13.6. The fraction of sp³-hybridized carbons (Fsp3) is 0.500. The summed E-state index contributed by atoms with van der Waals surface area (Å²) in [4.78, 5) is 43.1. The number of likely N-dealkylation sites (tertiary alicyclic amines) is 1. The van der Waals surface area contributed by atoms with Gasteiger partial charge in [0, 0.05) is 54.5 Å². The van der Waals surface area contributed by atoms with Crippen molar-refractivity contribution < 1.29 is 18.8 Å². The number of nitrogens with zero attached hydrogens (tertiary/aromatic N) is 2. The Morgan fingerprint density at radius 2 is 1.71 bits per heavy atom. The lowest BCUT2D eigenvalue weighted by Gasteiger charge is -2.40. The Morgan fingerprint density at radius 1 is 1.05 bits per heavy atom. The second-order valence-corrected chi connectivity index (χ2v) is 10.2. The molecule has 3 atom stereocenters. The molecule has 1 aliphatic heterocycles. The summed E-state index contributed by atoms with van der Waals surface area (Å²) in [5.41, 5.74) is 8.12. The van der Waals surface area contributed by atoms with Crippen LogP contribution in [-0.2, 0) is 4.79 Å². The molecule has 0 unspecified atom stereocenters. The molecule has 1 fully saturated rings. The van der Waals surface area contributed by atoms with Crippen LogP contribution in [0.2, 0.25) is 0 Å². The molecule has 8 heteroatoms. The van der Waals surface area contributed by atoms with E-state index in [1.54, 1.807) is 31.2 Å². The third-order valence-electron chi connectivity index (χ3n) is 7.12. The van der Waals surface area contributed by atoms with Gasteiger partial charge in [0.05, 0.1) is 0 Å². The minimum absolute atomic E-state index is 0.0590. The van der Waals surface area contributed by atoms with Gasteiger partial charge in [0.15, 0.2) is 0 Å². The Bertz CT molecular complexity index is 1090. The van der Waals surface area contributed by atoms with Crippen molar-refractivity contribution in [3.8, 4) is 0 Å². The number of amides is 3. The van der Waals surface area contributed by atoms with Crippen LogP contribution in [0.1, 0.15) is 80.0 Å². The lowest BCUT2D eigenvalue weighted by atomic mass is 9.89. The lowest BCUT2D eigenvalue weighted by Crippen LogP contribution is -2.53. The predicted molar refractivity (Wildman–Crippen MR) is 148 cm³/mol. The van der Waals surface area contributed by atoms with Gasteiger partial charge in [-0.25, -0.2) is 4.39 Å². The third-order valence-corrected chi connectivity index (χ3v) is 7.12. The van der Waals surface area contributed by atoms with Crippen molar-refractivity contribution in [2.75, 3.05) is 25.0 Å². The predicted octanol–water partition coefficient (Wildman–Crippen LogP) is 5.07. The van der Waals surface area contributed by atoms with Crippen LogP contribution in [0.5, 0.6) is 0 Å². The van der Waals surface area contributed by atoms with Crippen LogP contribution in [0.25, 0.3) is 0 Å². The molecule has 0 saturated carbocycles. The number of hydrogen-bond donors (Lipinski definition) is 2. The van der Waals surface area contributed by atoms with Crippen LogP contribution in [0.15, 0.2) is 48.5 Å². The molecule has 1 heterocycles. The van der Waals surface area contributed by atoms with Gasteiger partial charge in [-0.3, -0.25) is 14.4 Å². The molecular formula is C30H41FN4O3. The summed E-state index contributed by atoms with van der Waals surface area (Å²) in [5, 5.41) is 2.80. The van der Waals surface area contributed by atoms with E-state index < -0.39 is 5.92 Å². The highest BCUT2D eigenvalue weighted by Gasteiger charge is 2.33. The summed E-state index contributed by atoms with van der Waals surface area (Å²) >= 11 is 0. The molecule has 3 rings (SSSR count). The van der Waals surface area contributed by atoms with Crippen LogP contribution in [0, 0.1) is 11.7 Å². The maximum Gasteiger partial charge on any atom is 0.254 e. The number of carbonyl (C=O) groups is 3. The highest BCUT2D eigenvalue weighted by molar-refractivity contribution is 6.00. The van der Waals surface area contributed by atoms with Gasteiger partial charge < -0.3 is 20.9 Å². The standard InChI is InChI=1S/C30H41FN4O3/c1-4-16-34(17-5-2)29(37)22-9-8-10-23(20-22)30(38)35-18-7-6-11-27(35)26(32)19-21(3)28(36)33-25-14-12-24(31)13-15-25/h8-10,12-15,20-21,26-27H,4-7,11,16-19,32H2,1-3H3,(H,33,36)/t21-,26+,27+/m1/s1. The van der Waals surface area contributed by atoms with Gasteiger partial charge in [0.1, 0.15) is 5.82 Å². The van der Waals surface area contributed by atoms with Crippen molar-refractivity contribution in [3.63, 3.8) is 0 Å². The SMILES string of the molecule is CCCN(CCC)C(=O)c1cccc(C(=O)N2CCCC[C@H]2[C@@H](N)C[C@@H](C)C(=O)Nc2ccc(F)cc2)c1. The molecule has 0 spiro atoms. The number of nitrogens with one attached hydrogen (secondary N) is 1. The Labute approximate surface area is 225 Å². The Hall–Kier alpha value is -3.26. The summed E-state index contributed by atoms with van der Waals surface area (Å²) < 4.78 is 13.2. The first-order chi connectivity index (χ1) is 18.2. The van der Waals surface area contributed by atoms with E-state index in [9.17, 15) is 18.8 Å². The van der Waals surface area contributed by atoms with Crippen LogP contribution >= 0.6 is 0 Å². The van der Waals surface area contributed by atoms with E-state index in [1.807, 2.05) is 23.6 Å². The fourth-order valence-corrected chi connectivity index (χ4v) is 5.11. The average Bonchev–Trinajstić information content (AvgIpc) is 2.93. The number of hydrogen-bond acceptors (Lipinski definition) is 4. The van der Waals surface area contributed by atoms with Gasteiger partial charge in [0.25, 0.3) is 11.8 Å². The second kappa shape index (κ2) is 14.0. The molecule has 206 valence electrons. The number of carbonyl (C=O) groups excluding carboxylic acids is 3. The first-order valence-electron chi connectivity index (χ1n) is 13.8. The van der Waals surface area contributed by atoms with Gasteiger partial charge in [-0.1, -0.05) is 26.8 Å². The molecule has 38 heavy (non-hydrogen) atoms. The first-order valence-corrected chi connectivity index (χ1v) is 13.8. The highest BCUT2D eigenvalue weighted by Crippen LogP contribution is 2.25.